The molecule has 0 saturated carbocycles. The van der Waals surface area contributed by atoms with Crippen LogP contribution in [0, 0.1) is 17.7 Å². The first-order chi connectivity index (χ1) is 8.72. The lowest BCUT2D eigenvalue weighted by atomic mass is 9.88. The average Bonchev–Trinajstić information content (AvgIpc) is 2.81. The van der Waals surface area contributed by atoms with Crippen LogP contribution in [-0.2, 0) is 6.54 Å². The minimum Gasteiger partial charge on any atom is -0.316 e. The summed E-state index contributed by atoms with van der Waals surface area (Å²) in [6.45, 7) is 5.45. The second-order valence-electron chi connectivity index (χ2n) is 5.44. The number of likely N-dealkylation sites (tertiary alicyclic amines) is 1. The number of benzene rings is 1. The SMILES string of the molecule is Fc1ccc(Br)c(CN2CCC3CNCC3C2)c1. The Kier molecular flexibility index (Phi) is 3.68. The first-order valence-corrected chi connectivity index (χ1v) is 7.38. The highest BCUT2D eigenvalue weighted by atomic mass is 79.9. The number of nitrogens with zero attached hydrogens (tertiary/aromatic N) is 1. The molecule has 0 spiro atoms. The molecule has 2 atom stereocenters. The number of nitrogens with one attached hydrogen (secondary N) is 1. The molecule has 2 aliphatic heterocycles. The molecule has 3 rings (SSSR count). The first-order valence-electron chi connectivity index (χ1n) is 6.59. The molecular formula is C14H18BrFN2. The van der Waals surface area contributed by atoms with Crippen LogP contribution in [0.4, 0.5) is 4.39 Å². The molecule has 2 heterocycles. The van der Waals surface area contributed by atoms with Gasteiger partial charge < -0.3 is 5.32 Å². The Morgan fingerprint density at radius 2 is 2.17 bits per heavy atom. The van der Waals surface area contributed by atoms with Crippen molar-refractivity contribution in [2.45, 2.75) is 13.0 Å². The van der Waals surface area contributed by atoms with Gasteiger partial charge in [0.15, 0.2) is 0 Å². The summed E-state index contributed by atoms with van der Waals surface area (Å²) in [5.74, 6) is 1.49. The van der Waals surface area contributed by atoms with Crippen molar-refractivity contribution in [1.29, 1.82) is 0 Å². The van der Waals surface area contributed by atoms with Gasteiger partial charge in [-0.25, -0.2) is 4.39 Å². The van der Waals surface area contributed by atoms with Crippen molar-refractivity contribution in [3.8, 4) is 0 Å². The summed E-state index contributed by atoms with van der Waals surface area (Å²) in [5.41, 5.74) is 1.06. The van der Waals surface area contributed by atoms with Crippen LogP contribution in [0.1, 0.15) is 12.0 Å². The van der Waals surface area contributed by atoms with Crippen LogP contribution in [0.2, 0.25) is 0 Å². The number of rotatable bonds is 2. The Balaban J connectivity index is 1.67. The predicted octanol–water partition coefficient (Wildman–Crippen LogP) is 2.63. The number of hydrogen-bond acceptors (Lipinski definition) is 2. The minimum atomic E-state index is -0.148. The van der Waals surface area contributed by atoms with Gasteiger partial charge in [-0.1, -0.05) is 15.9 Å². The van der Waals surface area contributed by atoms with Gasteiger partial charge in [0.2, 0.25) is 0 Å². The van der Waals surface area contributed by atoms with Crippen LogP contribution in [0.3, 0.4) is 0 Å². The quantitative estimate of drug-likeness (QED) is 0.903. The van der Waals surface area contributed by atoms with Gasteiger partial charge in [-0.05, 0) is 61.7 Å². The molecule has 1 aromatic carbocycles. The van der Waals surface area contributed by atoms with Gasteiger partial charge in [0.05, 0.1) is 0 Å². The number of halogens is 2. The molecule has 2 fully saturated rings. The van der Waals surface area contributed by atoms with Crippen molar-refractivity contribution >= 4 is 15.9 Å². The molecule has 2 aliphatic rings. The van der Waals surface area contributed by atoms with E-state index >= 15 is 0 Å². The molecule has 18 heavy (non-hydrogen) atoms. The summed E-state index contributed by atoms with van der Waals surface area (Å²) in [5, 5.41) is 3.47. The fourth-order valence-corrected chi connectivity index (χ4v) is 3.53. The van der Waals surface area contributed by atoms with Crippen molar-refractivity contribution in [1.82, 2.24) is 10.2 Å². The Morgan fingerprint density at radius 3 is 3.06 bits per heavy atom. The number of piperidine rings is 1. The van der Waals surface area contributed by atoms with Gasteiger partial charge in [0, 0.05) is 17.6 Å². The van der Waals surface area contributed by atoms with Crippen molar-refractivity contribution in [2.24, 2.45) is 11.8 Å². The predicted molar refractivity (Wildman–Crippen MR) is 73.8 cm³/mol. The maximum Gasteiger partial charge on any atom is 0.123 e. The molecule has 1 aromatic rings. The smallest absolute Gasteiger partial charge is 0.123 e. The molecular weight excluding hydrogens is 295 g/mol. The fourth-order valence-electron chi connectivity index (χ4n) is 3.16. The zero-order chi connectivity index (χ0) is 12.5. The molecule has 4 heteroatoms. The van der Waals surface area contributed by atoms with Crippen LogP contribution in [0.25, 0.3) is 0 Å². The van der Waals surface area contributed by atoms with E-state index in [1.807, 2.05) is 0 Å². The molecule has 2 saturated heterocycles. The summed E-state index contributed by atoms with van der Waals surface area (Å²) in [6, 6.07) is 4.94. The van der Waals surface area contributed by atoms with Crippen LogP contribution in [-0.4, -0.2) is 31.1 Å². The van der Waals surface area contributed by atoms with E-state index in [1.54, 1.807) is 12.1 Å². The standard InChI is InChI=1S/C14H18BrFN2/c15-14-2-1-13(16)5-11(14)8-18-4-3-10-6-17-7-12(10)9-18/h1-2,5,10,12,17H,3-4,6-9H2. The molecule has 0 amide bonds. The Morgan fingerprint density at radius 1 is 1.33 bits per heavy atom. The fraction of sp³-hybridized carbons (Fsp3) is 0.571. The normalized spacial score (nSPS) is 28.3. The van der Waals surface area contributed by atoms with E-state index in [-0.39, 0.29) is 5.82 Å². The van der Waals surface area contributed by atoms with Crippen LogP contribution in [0.5, 0.6) is 0 Å². The minimum absolute atomic E-state index is 0.148. The lowest BCUT2D eigenvalue weighted by Gasteiger charge is -2.34. The highest BCUT2D eigenvalue weighted by Crippen LogP contribution is 2.28. The Labute approximate surface area is 116 Å². The third-order valence-corrected chi connectivity index (χ3v) is 4.96. The molecule has 0 radical (unpaired) electrons. The van der Waals surface area contributed by atoms with E-state index in [2.05, 4.69) is 26.1 Å². The van der Waals surface area contributed by atoms with E-state index < -0.39 is 0 Å². The third kappa shape index (κ3) is 2.60. The molecule has 0 aliphatic carbocycles. The molecule has 2 nitrogen and oxygen atoms in total. The van der Waals surface area contributed by atoms with Crippen molar-refractivity contribution < 1.29 is 4.39 Å². The van der Waals surface area contributed by atoms with Gasteiger partial charge in [-0.15, -0.1) is 0 Å². The summed E-state index contributed by atoms with van der Waals surface area (Å²) >= 11 is 3.51. The second kappa shape index (κ2) is 5.27. The number of hydrogen-bond donors (Lipinski definition) is 1. The van der Waals surface area contributed by atoms with Gasteiger partial charge >= 0.3 is 0 Å². The molecule has 2 unspecified atom stereocenters. The zero-order valence-electron chi connectivity index (χ0n) is 10.3. The largest absolute Gasteiger partial charge is 0.316 e. The second-order valence-corrected chi connectivity index (χ2v) is 6.29. The van der Waals surface area contributed by atoms with E-state index in [0.717, 1.165) is 48.1 Å². The first kappa shape index (κ1) is 12.6. The molecule has 0 aromatic heterocycles. The maximum absolute atomic E-state index is 13.3. The Hall–Kier alpha value is -0.450. The van der Waals surface area contributed by atoms with E-state index in [1.165, 1.54) is 19.0 Å². The average molecular weight is 313 g/mol. The van der Waals surface area contributed by atoms with Gasteiger partial charge in [0.25, 0.3) is 0 Å². The highest BCUT2D eigenvalue weighted by Gasteiger charge is 2.32. The zero-order valence-corrected chi connectivity index (χ0v) is 11.9. The number of fused-ring (bicyclic) bond motifs is 1. The lowest BCUT2D eigenvalue weighted by molar-refractivity contribution is 0.142. The van der Waals surface area contributed by atoms with Gasteiger partial charge in [-0.3, -0.25) is 4.90 Å². The maximum atomic E-state index is 13.3. The lowest BCUT2D eigenvalue weighted by Crippen LogP contribution is -2.39. The van der Waals surface area contributed by atoms with Crippen LogP contribution < -0.4 is 5.32 Å². The molecule has 98 valence electrons. The molecule has 1 N–H and O–H groups in total. The summed E-state index contributed by atoms with van der Waals surface area (Å²) < 4.78 is 14.3. The molecule has 0 bridgehead atoms. The monoisotopic (exact) mass is 312 g/mol. The van der Waals surface area contributed by atoms with E-state index in [4.69, 9.17) is 0 Å². The van der Waals surface area contributed by atoms with Crippen LogP contribution in [0.15, 0.2) is 22.7 Å². The van der Waals surface area contributed by atoms with Crippen molar-refractivity contribution in [2.75, 3.05) is 26.2 Å². The summed E-state index contributed by atoms with van der Waals surface area (Å²) in [6.07, 6.45) is 1.27. The topological polar surface area (TPSA) is 15.3 Å². The van der Waals surface area contributed by atoms with Crippen molar-refractivity contribution in [3.63, 3.8) is 0 Å². The van der Waals surface area contributed by atoms with Crippen LogP contribution >= 0.6 is 15.9 Å². The van der Waals surface area contributed by atoms with Gasteiger partial charge in [-0.2, -0.15) is 0 Å². The highest BCUT2D eigenvalue weighted by molar-refractivity contribution is 9.10. The van der Waals surface area contributed by atoms with E-state index in [9.17, 15) is 4.39 Å². The third-order valence-electron chi connectivity index (χ3n) is 4.19. The van der Waals surface area contributed by atoms with Crippen molar-refractivity contribution in [3.05, 3.63) is 34.1 Å². The summed E-state index contributed by atoms with van der Waals surface area (Å²) in [4.78, 5) is 2.45. The Bertz CT molecular complexity index is 438. The van der Waals surface area contributed by atoms with Gasteiger partial charge in [0.1, 0.15) is 5.82 Å². The van der Waals surface area contributed by atoms with E-state index in [0.29, 0.717) is 0 Å². The summed E-state index contributed by atoms with van der Waals surface area (Å²) in [7, 11) is 0.